The van der Waals surface area contributed by atoms with E-state index in [1.165, 1.54) is 19.2 Å². The van der Waals surface area contributed by atoms with Crippen molar-refractivity contribution in [2.24, 2.45) is 0 Å². The lowest BCUT2D eigenvalue weighted by Gasteiger charge is -2.24. The molecular weight excluding hydrogens is 399 g/mol. The van der Waals surface area contributed by atoms with Crippen molar-refractivity contribution in [3.8, 4) is 0 Å². The summed E-state index contributed by atoms with van der Waals surface area (Å²) in [4.78, 5) is 12.3. The monoisotopic (exact) mass is 422 g/mol. The molecule has 0 spiro atoms. The molecule has 1 unspecified atom stereocenters. The van der Waals surface area contributed by atoms with Crippen LogP contribution < -0.4 is 10.6 Å². The zero-order valence-corrected chi connectivity index (χ0v) is 17.4. The highest BCUT2D eigenvalue weighted by Crippen LogP contribution is 2.21. The second kappa shape index (κ2) is 10.5. The quantitative estimate of drug-likeness (QED) is 0.442. The van der Waals surface area contributed by atoms with Gasteiger partial charge in [-0.3, -0.25) is 0 Å². The van der Waals surface area contributed by atoms with Gasteiger partial charge in [0.15, 0.2) is 5.11 Å². The van der Waals surface area contributed by atoms with Crippen LogP contribution in [0.1, 0.15) is 22.7 Å². The Balaban J connectivity index is 1.76. The number of thiocarbonyl (C=S) groups is 1. The van der Waals surface area contributed by atoms with Gasteiger partial charge in [-0.1, -0.05) is 72.8 Å². The molecule has 0 bridgehead atoms. The first-order chi connectivity index (χ1) is 14.6. The van der Waals surface area contributed by atoms with E-state index in [0.717, 1.165) is 16.7 Å². The number of carbonyl (C=O) groups is 1. The minimum atomic E-state index is -0.701. The molecule has 3 aromatic carbocycles. The molecule has 4 nitrogen and oxygen atoms in total. The molecule has 0 aliphatic carbocycles. The molecule has 0 aliphatic rings. The lowest BCUT2D eigenvalue weighted by Crippen LogP contribution is -2.48. The minimum Gasteiger partial charge on any atom is -0.467 e. The first kappa shape index (κ1) is 21.5. The van der Waals surface area contributed by atoms with Gasteiger partial charge in [-0.15, -0.1) is 0 Å². The van der Waals surface area contributed by atoms with E-state index in [4.69, 9.17) is 17.0 Å². The predicted molar refractivity (Wildman–Crippen MR) is 120 cm³/mol. The molecule has 0 amide bonds. The molecule has 0 radical (unpaired) electrons. The Morgan fingerprint density at radius 3 is 1.93 bits per heavy atom. The molecule has 0 aliphatic heterocycles. The Hall–Kier alpha value is -3.25. The molecule has 30 heavy (non-hydrogen) atoms. The number of ether oxygens (including phenoxy) is 1. The molecule has 0 saturated heterocycles. The smallest absolute Gasteiger partial charge is 0.328 e. The summed E-state index contributed by atoms with van der Waals surface area (Å²) in [7, 11) is 1.33. The highest BCUT2D eigenvalue weighted by Gasteiger charge is 2.22. The van der Waals surface area contributed by atoms with Crippen molar-refractivity contribution in [1.29, 1.82) is 0 Å². The summed E-state index contributed by atoms with van der Waals surface area (Å²) in [6.45, 7) is 0. The highest BCUT2D eigenvalue weighted by molar-refractivity contribution is 7.80. The largest absolute Gasteiger partial charge is 0.467 e. The summed E-state index contributed by atoms with van der Waals surface area (Å²) in [5.74, 6) is -0.772. The van der Waals surface area contributed by atoms with Crippen molar-refractivity contribution in [3.05, 3.63) is 107 Å². The third kappa shape index (κ3) is 5.87. The van der Waals surface area contributed by atoms with Crippen molar-refractivity contribution in [1.82, 2.24) is 10.6 Å². The molecule has 154 valence electrons. The van der Waals surface area contributed by atoms with Gasteiger partial charge in [-0.25, -0.2) is 9.18 Å². The van der Waals surface area contributed by atoms with Crippen LogP contribution in [0.25, 0.3) is 0 Å². The van der Waals surface area contributed by atoms with Gasteiger partial charge in [-0.05, 0) is 41.0 Å². The second-order valence-electron chi connectivity index (χ2n) is 6.78. The van der Waals surface area contributed by atoms with E-state index >= 15 is 0 Å². The molecule has 0 saturated carbocycles. The van der Waals surface area contributed by atoms with Crippen molar-refractivity contribution < 1.29 is 13.9 Å². The van der Waals surface area contributed by atoms with Gasteiger partial charge < -0.3 is 15.4 Å². The zero-order valence-electron chi connectivity index (χ0n) is 16.5. The van der Waals surface area contributed by atoms with E-state index in [9.17, 15) is 9.18 Å². The van der Waals surface area contributed by atoms with E-state index in [1.54, 1.807) is 12.1 Å². The molecule has 0 fully saturated rings. The van der Waals surface area contributed by atoms with Crippen molar-refractivity contribution in [2.45, 2.75) is 18.5 Å². The van der Waals surface area contributed by atoms with Gasteiger partial charge in [0.2, 0.25) is 0 Å². The van der Waals surface area contributed by atoms with Crippen molar-refractivity contribution >= 4 is 23.3 Å². The number of carbonyl (C=O) groups excluding carboxylic acids is 1. The maximum absolute atomic E-state index is 13.2. The van der Waals surface area contributed by atoms with Gasteiger partial charge in [0.05, 0.1) is 13.2 Å². The predicted octanol–water partition coefficient (Wildman–Crippen LogP) is 4.16. The SMILES string of the molecule is COC(=O)C(Cc1ccc(F)cc1)NC(=S)NC(c1ccccc1)c1ccccc1. The Morgan fingerprint density at radius 2 is 1.43 bits per heavy atom. The summed E-state index contributed by atoms with van der Waals surface area (Å²) in [6.07, 6.45) is 0.316. The van der Waals surface area contributed by atoms with E-state index in [-0.39, 0.29) is 11.9 Å². The van der Waals surface area contributed by atoms with E-state index < -0.39 is 12.0 Å². The molecule has 3 rings (SSSR count). The fourth-order valence-electron chi connectivity index (χ4n) is 3.17. The Labute approximate surface area is 181 Å². The Morgan fingerprint density at radius 1 is 0.900 bits per heavy atom. The normalized spacial score (nSPS) is 11.6. The zero-order chi connectivity index (χ0) is 21.3. The van der Waals surface area contributed by atoms with Crippen LogP contribution in [-0.4, -0.2) is 24.2 Å². The molecule has 0 aromatic heterocycles. The lowest BCUT2D eigenvalue weighted by atomic mass is 9.99. The number of esters is 1. The molecule has 2 N–H and O–H groups in total. The van der Waals surface area contributed by atoms with Gasteiger partial charge in [0.25, 0.3) is 0 Å². The number of hydrogen-bond donors (Lipinski definition) is 2. The summed E-state index contributed by atoms with van der Waals surface area (Å²) < 4.78 is 18.1. The first-order valence-electron chi connectivity index (χ1n) is 9.56. The number of hydrogen-bond acceptors (Lipinski definition) is 3. The minimum absolute atomic E-state index is 0.184. The summed E-state index contributed by atoms with van der Waals surface area (Å²) >= 11 is 5.52. The standard InChI is InChI=1S/C24H23FN2O2S/c1-29-23(28)21(16-17-12-14-20(25)15-13-17)26-24(30)27-22(18-8-4-2-5-9-18)19-10-6-3-7-11-19/h2-15,21-22H,16H2,1H3,(H2,26,27,30). The molecule has 1 atom stereocenters. The van der Waals surface area contributed by atoms with Crippen LogP contribution in [0.15, 0.2) is 84.9 Å². The highest BCUT2D eigenvalue weighted by atomic mass is 32.1. The molecule has 0 heterocycles. The first-order valence-corrected chi connectivity index (χ1v) is 9.97. The van der Waals surface area contributed by atoms with E-state index in [0.29, 0.717) is 11.5 Å². The number of halogens is 1. The maximum atomic E-state index is 13.2. The van der Waals surface area contributed by atoms with E-state index in [2.05, 4.69) is 10.6 Å². The summed E-state index contributed by atoms with van der Waals surface area (Å²) in [6, 6.07) is 25.0. The number of benzene rings is 3. The van der Waals surface area contributed by atoms with Gasteiger partial charge in [-0.2, -0.15) is 0 Å². The second-order valence-corrected chi connectivity index (χ2v) is 7.19. The lowest BCUT2D eigenvalue weighted by molar-refractivity contribution is -0.142. The van der Waals surface area contributed by atoms with Crippen LogP contribution in [0.4, 0.5) is 4.39 Å². The van der Waals surface area contributed by atoms with Crippen LogP contribution in [0, 0.1) is 5.82 Å². The molecule has 3 aromatic rings. The average molecular weight is 423 g/mol. The van der Waals surface area contributed by atoms with Gasteiger partial charge >= 0.3 is 5.97 Å². The van der Waals surface area contributed by atoms with E-state index in [1.807, 2.05) is 60.7 Å². The topological polar surface area (TPSA) is 50.4 Å². The molecular formula is C24H23FN2O2S. The van der Waals surface area contributed by atoms with Crippen LogP contribution in [-0.2, 0) is 16.0 Å². The average Bonchev–Trinajstić information content (AvgIpc) is 2.79. The fraction of sp³-hybridized carbons (Fsp3) is 0.167. The van der Waals surface area contributed by atoms with Crippen LogP contribution in [0.5, 0.6) is 0 Å². The third-order valence-corrected chi connectivity index (χ3v) is 4.92. The van der Waals surface area contributed by atoms with Crippen LogP contribution in [0.2, 0.25) is 0 Å². The van der Waals surface area contributed by atoms with Gasteiger partial charge in [0.1, 0.15) is 11.9 Å². The number of nitrogens with one attached hydrogen (secondary N) is 2. The Bertz CT molecular complexity index is 926. The van der Waals surface area contributed by atoms with Gasteiger partial charge in [0, 0.05) is 6.42 Å². The number of rotatable bonds is 7. The maximum Gasteiger partial charge on any atom is 0.328 e. The Kier molecular flexibility index (Phi) is 7.51. The third-order valence-electron chi connectivity index (χ3n) is 4.69. The summed E-state index contributed by atoms with van der Waals surface area (Å²) in [5, 5.41) is 6.68. The van der Waals surface area contributed by atoms with Crippen molar-refractivity contribution in [3.63, 3.8) is 0 Å². The van der Waals surface area contributed by atoms with Crippen molar-refractivity contribution in [2.75, 3.05) is 7.11 Å². The van der Waals surface area contributed by atoms with Crippen LogP contribution in [0.3, 0.4) is 0 Å². The van der Waals surface area contributed by atoms with Crippen LogP contribution >= 0.6 is 12.2 Å². The fourth-order valence-corrected chi connectivity index (χ4v) is 3.43. The summed E-state index contributed by atoms with van der Waals surface area (Å²) in [5.41, 5.74) is 2.88. The number of methoxy groups -OCH3 is 1. The molecule has 6 heteroatoms.